The average molecular weight is 420 g/mol. The van der Waals surface area contributed by atoms with Gasteiger partial charge in [-0.2, -0.15) is 0 Å². The van der Waals surface area contributed by atoms with E-state index in [1.165, 1.54) is 0 Å². The summed E-state index contributed by atoms with van der Waals surface area (Å²) in [6.07, 6.45) is 3.36. The Bertz CT molecular complexity index is 673. The fraction of sp³-hybridized carbons (Fsp3) is 0.294. The predicted octanol–water partition coefficient (Wildman–Crippen LogP) is 3.46. The van der Waals surface area contributed by atoms with Gasteiger partial charge in [-0.3, -0.25) is 4.98 Å². The van der Waals surface area contributed by atoms with Crippen molar-refractivity contribution in [1.29, 1.82) is 0 Å². The largest absolute Gasteiger partial charge is 0.490 e. The molecule has 6 nitrogen and oxygen atoms in total. The smallest absolute Gasteiger partial charge is 0.322 e. The van der Waals surface area contributed by atoms with Crippen LogP contribution in [0.2, 0.25) is 5.02 Å². The first-order valence-electron chi connectivity index (χ1n) is 7.79. The molecule has 0 bridgehead atoms. The monoisotopic (exact) mass is 418 g/mol. The highest BCUT2D eigenvalue weighted by atomic mass is 35.5. The maximum Gasteiger partial charge on any atom is 0.322 e. The van der Waals surface area contributed by atoms with Gasteiger partial charge in [-0.05, 0) is 36.4 Å². The molecule has 1 aliphatic rings. The average Bonchev–Trinajstić information content (AvgIpc) is 2.63. The fourth-order valence-electron chi connectivity index (χ4n) is 2.53. The van der Waals surface area contributed by atoms with Gasteiger partial charge in [0.25, 0.3) is 0 Å². The number of halogens is 3. The highest BCUT2D eigenvalue weighted by molar-refractivity contribution is 6.30. The van der Waals surface area contributed by atoms with Crippen LogP contribution in [0.4, 0.5) is 10.5 Å². The Labute approximate surface area is 170 Å². The summed E-state index contributed by atoms with van der Waals surface area (Å²) in [6, 6.07) is 10.5. The van der Waals surface area contributed by atoms with Crippen LogP contribution in [-0.2, 0) is 0 Å². The SMILES string of the molecule is Cl.Cl.O=C(Nc1ccc(Cl)cc1)N1CCNCC1COc1cccnc1. The van der Waals surface area contributed by atoms with E-state index in [1.807, 2.05) is 12.1 Å². The van der Waals surface area contributed by atoms with E-state index in [1.54, 1.807) is 41.6 Å². The summed E-state index contributed by atoms with van der Waals surface area (Å²) in [7, 11) is 0. The van der Waals surface area contributed by atoms with E-state index in [4.69, 9.17) is 16.3 Å². The number of amides is 2. The number of ether oxygens (including phenoxy) is 1. The van der Waals surface area contributed by atoms with E-state index in [2.05, 4.69) is 15.6 Å². The van der Waals surface area contributed by atoms with Gasteiger partial charge in [-0.25, -0.2) is 4.79 Å². The molecule has 1 fully saturated rings. The molecule has 0 saturated carbocycles. The molecule has 2 heterocycles. The molecule has 1 aromatic carbocycles. The highest BCUT2D eigenvalue weighted by Crippen LogP contribution is 2.15. The van der Waals surface area contributed by atoms with Crippen molar-refractivity contribution in [3.8, 4) is 5.75 Å². The van der Waals surface area contributed by atoms with Crippen molar-refractivity contribution in [2.24, 2.45) is 0 Å². The molecular formula is C17H21Cl3N4O2. The van der Waals surface area contributed by atoms with Crippen molar-refractivity contribution >= 4 is 48.1 Å². The van der Waals surface area contributed by atoms with Gasteiger partial charge in [0.2, 0.25) is 0 Å². The van der Waals surface area contributed by atoms with Crippen LogP contribution in [0.15, 0.2) is 48.8 Å². The topological polar surface area (TPSA) is 66.5 Å². The zero-order chi connectivity index (χ0) is 16.8. The molecule has 1 unspecified atom stereocenters. The van der Waals surface area contributed by atoms with Gasteiger partial charge in [0, 0.05) is 36.5 Å². The van der Waals surface area contributed by atoms with E-state index in [-0.39, 0.29) is 36.9 Å². The van der Waals surface area contributed by atoms with Crippen molar-refractivity contribution < 1.29 is 9.53 Å². The Morgan fingerprint density at radius 2 is 2.08 bits per heavy atom. The zero-order valence-corrected chi connectivity index (χ0v) is 16.3. The molecular weight excluding hydrogens is 399 g/mol. The van der Waals surface area contributed by atoms with Crippen molar-refractivity contribution in [2.45, 2.75) is 6.04 Å². The summed E-state index contributed by atoms with van der Waals surface area (Å²) >= 11 is 5.87. The van der Waals surface area contributed by atoms with Crippen molar-refractivity contribution in [1.82, 2.24) is 15.2 Å². The minimum Gasteiger partial charge on any atom is -0.490 e. The zero-order valence-electron chi connectivity index (χ0n) is 13.9. The third-order valence-electron chi connectivity index (χ3n) is 3.78. The number of anilines is 1. The molecule has 1 saturated heterocycles. The van der Waals surface area contributed by atoms with E-state index in [0.717, 1.165) is 12.2 Å². The molecule has 2 aromatic rings. The van der Waals surface area contributed by atoms with Gasteiger partial charge in [-0.15, -0.1) is 24.8 Å². The molecule has 0 spiro atoms. The van der Waals surface area contributed by atoms with Gasteiger partial charge in [0.1, 0.15) is 12.4 Å². The van der Waals surface area contributed by atoms with Crippen LogP contribution >= 0.6 is 36.4 Å². The predicted molar refractivity (Wildman–Crippen MR) is 108 cm³/mol. The summed E-state index contributed by atoms with van der Waals surface area (Å²) in [4.78, 5) is 18.4. The molecule has 142 valence electrons. The number of piperazine rings is 1. The van der Waals surface area contributed by atoms with Gasteiger partial charge >= 0.3 is 6.03 Å². The minimum atomic E-state index is -0.140. The number of pyridine rings is 1. The minimum absolute atomic E-state index is 0. The van der Waals surface area contributed by atoms with E-state index in [9.17, 15) is 4.79 Å². The van der Waals surface area contributed by atoms with Crippen molar-refractivity contribution in [3.05, 3.63) is 53.8 Å². The second-order valence-corrected chi connectivity index (χ2v) is 5.92. The lowest BCUT2D eigenvalue weighted by molar-refractivity contribution is 0.133. The third kappa shape index (κ3) is 6.21. The number of rotatable bonds is 4. The van der Waals surface area contributed by atoms with Crippen LogP contribution in [0.5, 0.6) is 5.75 Å². The Kier molecular flexibility index (Phi) is 9.51. The first kappa shape index (κ1) is 22.3. The molecule has 1 atom stereocenters. The molecule has 9 heteroatoms. The van der Waals surface area contributed by atoms with Crippen LogP contribution in [0.3, 0.4) is 0 Å². The number of benzene rings is 1. The van der Waals surface area contributed by atoms with E-state index in [0.29, 0.717) is 30.5 Å². The quantitative estimate of drug-likeness (QED) is 0.796. The van der Waals surface area contributed by atoms with Crippen LogP contribution in [-0.4, -0.2) is 48.2 Å². The van der Waals surface area contributed by atoms with E-state index >= 15 is 0 Å². The van der Waals surface area contributed by atoms with Crippen molar-refractivity contribution in [3.63, 3.8) is 0 Å². The summed E-state index contributed by atoms with van der Waals surface area (Å²) in [5.74, 6) is 0.695. The van der Waals surface area contributed by atoms with Crippen LogP contribution in [0.25, 0.3) is 0 Å². The molecule has 26 heavy (non-hydrogen) atoms. The molecule has 0 radical (unpaired) electrons. The second kappa shape index (κ2) is 11.1. The van der Waals surface area contributed by atoms with Gasteiger partial charge in [0.15, 0.2) is 0 Å². The van der Waals surface area contributed by atoms with Gasteiger partial charge in [0.05, 0.1) is 12.2 Å². The summed E-state index contributed by atoms with van der Waals surface area (Å²) in [5, 5.41) is 6.83. The number of carbonyl (C=O) groups excluding carboxylic acids is 1. The number of nitrogens with zero attached hydrogens (tertiary/aromatic N) is 2. The lowest BCUT2D eigenvalue weighted by atomic mass is 10.2. The first-order valence-corrected chi connectivity index (χ1v) is 8.17. The molecule has 1 aromatic heterocycles. The lowest BCUT2D eigenvalue weighted by Crippen LogP contribution is -2.57. The third-order valence-corrected chi connectivity index (χ3v) is 4.04. The number of hydrogen-bond donors (Lipinski definition) is 2. The Morgan fingerprint density at radius 3 is 2.77 bits per heavy atom. The van der Waals surface area contributed by atoms with Gasteiger partial charge < -0.3 is 20.3 Å². The molecule has 3 rings (SSSR count). The Balaban J connectivity index is 0.00000169. The van der Waals surface area contributed by atoms with Crippen molar-refractivity contribution in [2.75, 3.05) is 31.6 Å². The number of urea groups is 1. The number of hydrogen-bond acceptors (Lipinski definition) is 4. The Hall–Kier alpha value is -1.73. The fourth-order valence-corrected chi connectivity index (χ4v) is 2.66. The van der Waals surface area contributed by atoms with Gasteiger partial charge in [-0.1, -0.05) is 11.6 Å². The molecule has 1 aliphatic heterocycles. The Morgan fingerprint density at radius 1 is 1.31 bits per heavy atom. The second-order valence-electron chi connectivity index (χ2n) is 5.49. The number of nitrogens with one attached hydrogen (secondary N) is 2. The number of carbonyl (C=O) groups is 1. The molecule has 2 amide bonds. The first-order chi connectivity index (χ1) is 11.7. The summed E-state index contributed by atoms with van der Waals surface area (Å²) in [6.45, 7) is 2.49. The van der Waals surface area contributed by atoms with Crippen LogP contribution in [0.1, 0.15) is 0 Å². The van der Waals surface area contributed by atoms with Crippen LogP contribution < -0.4 is 15.4 Å². The van der Waals surface area contributed by atoms with E-state index < -0.39 is 0 Å². The summed E-state index contributed by atoms with van der Waals surface area (Å²) < 4.78 is 5.75. The number of aromatic nitrogens is 1. The summed E-state index contributed by atoms with van der Waals surface area (Å²) in [5.41, 5.74) is 0.717. The normalized spacial score (nSPS) is 16.0. The maximum absolute atomic E-state index is 12.6. The maximum atomic E-state index is 12.6. The standard InChI is InChI=1S/C17H19ClN4O2.2ClH/c18-13-3-5-14(6-4-13)21-17(23)22-9-8-20-10-15(22)12-24-16-2-1-7-19-11-16;;/h1-7,11,15,20H,8-10,12H2,(H,21,23);2*1H. The van der Waals surface area contributed by atoms with Crippen LogP contribution in [0, 0.1) is 0 Å². The molecule has 0 aliphatic carbocycles. The molecule has 2 N–H and O–H groups in total. The highest BCUT2D eigenvalue weighted by Gasteiger charge is 2.27. The lowest BCUT2D eigenvalue weighted by Gasteiger charge is -2.35.